The van der Waals surface area contributed by atoms with Gasteiger partial charge in [-0.05, 0) is 64.2 Å². The van der Waals surface area contributed by atoms with Gasteiger partial charge in [0.05, 0.1) is 12.6 Å². The van der Waals surface area contributed by atoms with Crippen molar-refractivity contribution in [2.75, 3.05) is 13.2 Å². The van der Waals surface area contributed by atoms with Crippen LogP contribution in [0.4, 0.5) is 4.79 Å². The second-order valence-corrected chi connectivity index (χ2v) is 7.39. The van der Waals surface area contributed by atoms with Gasteiger partial charge in [0, 0.05) is 13.0 Å². The zero-order valence-electron chi connectivity index (χ0n) is 15.9. The fraction of sp³-hybridized carbons (Fsp3) is 0.600. The molecule has 1 unspecified atom stereocenters. The lowest BCUT2D eigenvalue weighted by atomic mass is 9.88. The molecule has 1 atom stereocenters. The number of hydrogen-bond acceptors (Lipinski definition) is 4. The number of aryl methyl sites for hydroxylation is 1. The summed E-state index contributed by atoms with van der Waals surface area (Å²) >= 11 is 0. The number of rotatable bonds is 4. The predicted octanol–water partition coefficient (Wildman–Crippen LogP) is 4.04. The van der Waals surface area contributed by atoms with Gasteiger partial charge in [0.15, 0.2) is 0 Å². The molecule has 0 bridgehead atoms. The van der Waals surface area contributed by atoms with E-state index in [0.717, 1.165) is 12.0 Å². The van der Waals surface area contributed by atoms with Crippen LogP contribution in [0.15, 0.2) is 18.2 Å². The lowest BCUT2D eigenvalue weighted by Crippen LogP contribution is -2.42. The molecule has 1 heterocycles. The third-order valence-electron chi connectivity index (χ3n) is 4.36. The summed E-state index contributed by atoms with van der Waals surface area (Å²) < 4.78 is 10.5. The van der Waals surface area contributed by atoms with Crippen LogP contribution in [-0.4, -0.2) is 35.7 Å². The second-order valence-electron chi connectivity index (χ2n) is 7.39. The Hall–Kier alpha value is -2.04. The molecular weight excluding hydrogens is 318 g/mol. The summed E-state index contributed by atoms with van der Waals surface area (Å²) in [7, 11) is 0. The molecular formula is C20H29NO4. The van der Waals surface area contributed by atoms with Crippen LogP contribution in [0, 0.1) is 0 Å². The Morgan fingerprint density at radius 2 is 2.00 bits per heavy atom. The van der Waals surface area contributed by atoms with E-state index in [0.29, 0.717) is 26.0 Å². The minimum atomic E-state index is -0.501. The molecule has 0 saturated carbocycles. The van der Waals surface area contributed by atoms with Crippen molar-refractivity contribution in [3.63, 3.8) is 0 Å². The molecule has 5 heteroatoms. The molecule has 0 radical (unpaired) electrons. The third kappa shape index (κ3) is 4.97. The lowest BCUT2D eigenvalue weighted by Gasteiger charge is -2.37. The first kappa shape index (κ1) is 19.3. The van der Waals surface area contributed by atoms with E-state index < -0.39 is 5.60 Å². The monoisotopic (exact) mass is 347 g/mol. The molecule has 5 nitrogen and oxygen atoms in total. The number of hydrogen-bond donors (Lipinski definition) is 0. The predicted molar refractivity (Wildman–Crippen MR) is 96.5 cm³/mol. The first-order chi connectivity index (χ1) is 11.7. The molecule has 1 aliphatic heterocycles. The van der Waals surface area contributed by atoms with Crippen molar-refractivity contribution in [2.45, 2.75) is 65.5 Å². The van der Waals surface area contributed by atoms with Crippen molar-refractivity contribution in [2.24, 2.45) is 0 Å². The molecule has 0 aliphatic carbocycles. The third-order valence-corrected chi connectivity index (χ3v) is 4.36. The van der Waals surface area contributed by atoms with Crippen LogP contribution in [0.5, 0.6) is 0 Å². The van der Waals surface area contributed by atoms with Gasteiger partial charge in [0.2, 0.25) is 0 Å². The van der Waals surface area contributed by atoms with Crippen molar-refractivity contribution in [3.8, 4) is 0 Å². The number of carbonyl (C=O) groups is 2. The molecule has 0 N–H and O–H groups in total. The van der Waals surface area contributed by atoms with E-state index in [2.05, 4.69) is 12.1 Å². The maximum absolute atomic E-state index is 12.4. The van der Waals surface area contributed by atoms with E-state index in [1.54, 1.807) is 4.90 Å². The fourth-order valence-electron chi connectivity index (χ4n) is 3.22. The minimum Gasteiger partial charge on any atom is -0.466 e. The van der Waals surface area contributed by atoms with Crippen LogP contribution in [0.25, 0.3) is 0 Å². The van der Waals surface area contributed by atoms with Crippen LogP contribution in [0.1, 0.15) is 63.8 Å². The number of esters is 1. The van der Waals surface area contributed by atoms with Crippen molar-refractivity contribution in [1.82, 2.24) is 4.90 Å². The van der Waals surface area contributed by atoms with Crippen LogP contribution in [-0.2, 0) is 27.1 Å². The Morgan fingerprint density at radius 1 is 1.28 bits per heavy atom. The number of nitrogens with zero attached hydrogens (tertiary/aromatic N) is 1. The largest absolute Gasteiger partial charge is 0.466 e. The quantitative estimate of drug-likeness (QED) is 0.772. The SMILES string of the molecule is CCOC(=O)CCc1cccc2c1CCN(C(=O)OC(C)(C)C)C2C. The van der Waals surface area contributed by atoms with Crippen LogP contribution in [0.3, 0.4) is 0 Å². The van der Waals surface area contributed by atoms with Gasteiger partial charge in [-0.15, -0.1) is 0 Å². The molecule has 1 aliphatic rings. The summed E-state index contributed by atoms with van der Waals surface area (Å²) in [5.41, 5.74) is 3.05. The molecule has 0 saturated heterocycles. The van der Waals surface area contributed by atoms with Crippen LogP contribution in [0.2, 0.25) is 0 Å². The Morgan fingerprint density at radius 3 is 2.64 bits per heavy atom. The molecule has 138 valence electrons. The van der Waals surface area contributed by atoms with Gasteiger partial charge in [-0.3, -0.25) is 4.79 Å². The van der Waals surface area contributed by atoms with Gasteiger partial charge in [-0.1, -0.05) is 18.2 Å². The summed E-state index contributed by atoms with van der Waals surface area (Å²) in [5, 5.41) is 0. The highest BCUT2D eigenvalue weighted by Gasteiger charge is 2.31. The van der Waals surface area contributed by atoms with E-state index in [9.17, 15) is 9.59 Å². The normalized spacial score (nSPS) is 17.0. The summed E-state index contributed by atoms with van der Waals surface area (Å²) in [6, 6.07) is 6.08. The van der Waals surface area contributed by atoms with Gasteiger partial charge in [0.1, 0.15) is 5.60 Å². The first-order valence-electron chi connectivity index (χ1n) is 8.99. The number of fused-ring (bicyclic) bond motifs is 1. The summed E-state index contributed by atoms with van der Waals surface area (Å²) in [6.45, 7) is 10.5. The van der Waals surface area contributed by atoms with Gasteiger partial charge in [-0.2, -0.15) is 0 Å². The molecule has 1 aromatic rings. The molecule has 25 heavy (non-hydrogen) atoms. The molecule has 0 aromatic heterocycles. The molecule has 0 spiro atoms. The highest BCUT2D eigenvalue weighted by atomic mass is 16.6. The number of benzene rings is 1. The van der Waals surface area contributed by atoms with Gasteiger partial charge < -0.3 is 14.4 Å². The maximum atomic E-state index is 12.4. The summed E-state index contributed by atoms with van der Waals surface area (Å²) in [5.74, 6) is -0.167. The van der Waals surface area contributed by atoms with Crippen molar-refractivity contribution >= 4 is 12.1 Å². The zero-order chi connectivity index (χ0) is 18.6. The number of amides is 1. The van der Waals surface area contributed by atoms with Gasteiger partial charge in [-0.25, -0.2) is 4.79 Å². The molecule has 2 rings (SSSR count). The Labute approximate surface area is 150 Å². The average molecular weight is 347 g/mol. The second kappa shape index (κ2) is 7.89. The highest BCUT2D eigenvalue weighted by Crippen LogP contribution is 2.33. The molecule has 1 aromatic carbocycles. The van der Waals surface area contributed by atoms with Crippen molar-refractivity contribution in [3.05, 3.63) is 34.9 Å². The number of ether oxygens (including phenoxy) is 2. The molecule has 0 fully saturated rings. The smallest absolute Gasteiger partial charge is 0.410 e. The van der Waals surface area contributed by atoms with E-state index in [1.165, 1.54) is 11.1 Å². The van der Waals surface area contributed by atoms with E-state index >= 15 is 0 Å². The van der Waals surface area contributed by atoms with Crippen molar-refractivity contribution in [1.29, 1.82) is 0 Å². The fourth-order valence-corrected chi connectivity index (χ4v) is 3.22. The van der Waals surface area contributed by atoms with E-state index in [1.807, 2.05) is 40.7 Å². The topological polar surface area (TPSA) is 55.8 Å². The summed E-state index contributed by atoms with van der Waals surface area (Å²) in [6.07, 6.45) is 1.55. The lowest BCUT2D eigenvalue weighted by molar-refractivity contribution is -0.143. The molecule has 1 amide bonds. The Balaban J connectivity index is 2.13. The van der Waals surface area contributed by atoms with Crippen molar-refractivity contribution < 1.29 is 19.1 Å². The minimum absolute atomic E-state index is 0.0406. The standard InChI is InChI=1S/C20H29NO4/c1-6-24-18(22)11-10-15-8-7-9-16-14(2)21(13-12-17(15)16)19(23)25-20(3,4)5/h7-9,14H,6,10-13H2,1-5H3. The summed E-state index contributed by atoms with van der Waals surface area (Å²) in [4.78, 5) is 25.9. The van der Waals surface area contributed by atoms with E-state index in [-0.39, 0.29) is 18.1 Å². The van der Waals surface area contributed by atoms with Crippen LogP contribution >= 0.6 is 0 Å². The van der Waals surface area contributed by atoms with Gasteiger partial charge >= 0.3 is 12.1 Å². The highest BCUT2D eigenvalue weighted by molar-refractivity contribution is 5.70. The average Bonchev–Trinajstić information content (AvgIpc) is 2.52. The first-order valence-corrected chi connectivity index (χ1v) is 8.99. The van der Waals surface area contributed by atoms with Crippen LogP contribution < -0.4 is 0 Å². The zero-order valence-corrected chi connectivity index (χ0v) is 15.9. The Bertz CT molecular complexity index is 633. The maximum Gasteiger partial charge on any atom is 0.410 e. The van der Waals surface area contributed by atoms with Gasteiger partial charge in [0.25, 0.3) is 0 Å². The van der Waals surface area contributed by atoms with E-state index in [4.69, 9.17) is 9.47 Å². The number of carbonyl (C=O) groups excluding carboxylic acids is 2. The Kier molecular flexibility index (Phi) is 6.09.